The molecule has 1 aliphatic heterocycles. The van der Waals surface area contributed by atoms with Crippen molar-refractivity contribution in [1.29, 1.82) is 0 Å². The molecular formula is C20H20N2O3S. The van der Waals surface area contributed by atoms with E-state index >= 15 is 0 Å². The second kappa shape index (κ2) is 7.33. The molecule has 0 fully saturated rings. The van der Waals surface area contributed by atoms with E-state index in [9.17, 15) is 4.79 Å². The highest BCUT2D eigenvalue weighted by Gasteiger charge is 2.17. The zero-order chi connectivity index (χ0) is 17.9. The van der Waals surface area contributed by atoms with Crippen LogP contribution in [0.15, 0.2) is 42.5 Å². The number of aryl methyl sites for hydroxylation is 1. The molecule has 0 spiro atoms. The zero-order valence-corrected chi connectivity index (χ0v) is 15.4. The van der Waals surface area contributed by atoms with Crippen molar-refractivity contribution >= 4 is 27.5 Å². The quantitative estimate of drug-likeness (QED) is 0.660. The van der Waals surface area contributed by atoms with Crippen molar-refractivity contribution in [3.8, 4) is 11.5 Å². The molecule has 2 aromatic carbocycles. The van der Waals surface area contributed by atoms with Crippen molar-refractivity contribution in [2.45, 2.75) is 26.3 Å². The molecule has 4 rings (SSSR count). The Hall–Kier alpha value is -2.60. The van der Waals surface area contributed by atoms with Gasteiger partial charge in [-0.05, 0) is 36.8 Å². The van der Waals surface area contributed by atoms with Gasteiger partial charge in [-0.15, -0.1) is 11.3 Å². The Morgan fingerprint density at radius 1 is 1.19 bits per heavy atom. The van der Waals surface area contributed by atoms with Crippen LogP contribution < -0.4 is 9.47 Å². The highest BCUT2D eigenvalue weighted by Crippen LogP contribution is 2.32. The molecule has 1 aromatic heterocycles. The van der Waals surface area contributed by atoms with Crippen molar-refractivity contribution in [2.24, 2.45) is 0 Å². The topological polar surface area (TPSA) is 51.7 Å². The number of thiazole rings is 1. The average Bonchev–Trinajstić information content (AvgIpc) is 3.29. The van der Waals surface area contributed by atoms with Gasteiger partial charge in [-0.2, -0.15) is 0 Å². The summed E-state index contributed by atoms with van der Waals surface area (Å²) in [4.78, 5) is 19.1. The minimum Gasteiger partial charge on any atom is -0.454 e. The number of nitrogens with zero attached hydrogens (tertiary/aromatic N) is 2. The van der Waals surface area contributed by atoms with Crippen LogP contribution in [0.4, 0.5) is 0 Å². The fraction of sp³-hybridized carbons (Fsp3) is 0.300. The lowest BCUT2D eigenvalue weighted by Crippen LogP contribution is -2.30. The molecule has 26 heavy (non-hydrogen) atoms. The van der Waals surface area contributed by atoms with E-state index in [1.165, 1.54) is 4.70 Å². The number of benzene rings is 2. The molecular weight excluding hydrogens is 348 g/mol. The summed E-state index contributed by atoms with van der Waals surface area (Å²) in [5.74, 6) is 1.66. The number of aromatic nitrogens is 1. The van der Waals surface area contributed by atoms with Crippen molar-refractivity contribution < 1.29 is 14.3 Å². The number of hydrogen-bond acceptors (Lipinski definition) is 5. The van der Waals surface area contributed by atoms with Gasteiger partial charge in [0.15, 0.2) is 11.5 Å². The molecule has 1 amide bonds. The molecule has 0 unspecified atom stereocenters. The number of para-hydroxylation sites is 1. The van der Waals surface area contributed by atoms with Crippen LogP contribution in [0.3, 0.4) is 0 Å². The third-order valence-corrected chi connectivity index (χ3v) is 5.53. The first-order valence-electron chi connectivity index (χ1n) is 8.73. The fourth-order valence-corrected chi connectivity index (χ4v) is 4.00. The van der Waals surface area contributed by atoms with Gasteiger partial charge in [0.25, 0.3) is 0 Å². The van der Waals surface area contributed by atoms with Gasteiger partial charge >= 0.3 is 0 Å². The third kappa shape index (κ3) is 3.51. The largest absolute Gasteiger partial charge is 0.454 e. The lowest BCUT2D eigenvalue weighted by Gasteiger charge is -2.21. The zero-order valence-electron chi connectivity index (χ0n) is 14.6. The summed E-state index contributed by atoms with van der Waals surface area (Å²) < 4.78 is 11.9. The number of carbonyl (C=O) groups excluding carboxylic acids is 1. The molecule has 2 heterocycles. The van der Waals surface area contributed by atoms with Crippen molar-refractivity contribution in [1.82, 2.24) is 9.88 Å². The maximum Gasteiger partial charge on any atom is 0.231 e. The SMILES string of the molecule is CCN(Cc1ccc2c(c1)OCO2)C(=O)CCc1nc2ccccc2s1. The molecule has 0 aliphatic carbocycles. The number of carbonyl (C=O) groups is 1. The van der Waals surface area contributed by atoms with Crippen LogP contribution in [0, 0.1) is 0 Å². The van der Waals surface area contributed by atoms with E-state index in [-0.39, 0.29) is 12.7 Å². The Bertz CT molecular complexity index is 905. The minimum absolute atomic E-state index is 0.143. The summed E-state index contributed by atoms with van der Waals surface area (Å²) in [6.07, 6.45) is 1.15. The summed E-state index contributed by atoms with van der Waals surface area (Å²) >= 11 is 1.66. The van der Waals surface area contributed by atoms with Gasteiger partial charge in [-0.25, -0.2) is 4.98 Å². The molecule has 134 valence electrons. The summed E-state index contributed by atoms with van der Waals surface area (Å²) in [5, 5.41) is 1.01. The van der Waals surface area contributed by atoms with Crippen LogP contribution in [0.2, 0.25) is 0 Å². The van der Waals surface area contributed by atoms with Crippen molar-refractivity contribution in [3.05, 3.63) is 53.0 Å². The first-order valence-corrected chi connectivity index (χ1v) is 9.55. The fourth-order valence-electron chi connectivity index (χ4n) is 3.03. The highest BCUT2D eigenvalue weighted by molar-refractivity contribution is 7.18. The molecule has 0 radical (unpaired) electrons. The molecule has 0 bridgehead atoms. The van der Waals surface area contributed by atoms with E-state index in [1.54, 1.807) is 11.3 Å². The molecule has 0 saturated carbocycles. The standard InChI is InChI=1S/C20H20N2O3S/c1-2-22(12-14-7-8-16-17(11-14)25-13-24-16)20(23)10-9-19-21-15-5-3-4-6-18(15)26-19/h3-8,11H,2,9-10,12-13H2,1H3. The molecule has 6 heteroatoms. The predicted octanol–water partition coefficient (Wildman–Crippen LogP) is 4.01. The number of amides is 1. The van der Waals surface area contributed by atoms with Gasteiger partial charge in [-0.1, -0.05) is 18.2 Å². The van der Waals surface area contributed by atoms with Gasteiger partial charge in [-0.3, -0.25) is 4.79 Å². The highest BCUT2D eigenvalue weighted by atomic mass is 32.1. The third-order valence-electron chi connectivity index (χ3n) is 4.44. The van der Waals surface area contributed by atoms with Crippen LogP contribution in [-0.2, 0) is 17.8 Å². The van der Waals surface area contributed by atoms with Crippen LogP contribution in [0.25, 0.3) is 10.2 Å². The van der Waals surface area contributed by atoms with Gasteiger partial charge < -0.3 is 14.4 Å². The molecule has 3 aromatic rings. The van der Waals surface area contributed by atoms with E-state index in [1.807, 2.05) is 48.2 Å². The predicted molar refractivity (Wildman–Crippen MR) is 102 cm³/mol. The summed E-state index contributed by atoms with van der Waals surface area (Å²) in [6, 6.07) is 13.9. The Kier molecular flexibility index (Phi) is 4.75. The van der Waals surface area contributed by atoms with Crippen LogP contribution in [0.1, 0.15) is 23.9 Å². The second-order valence-electron chi connectivity index (χ2n) is 6.17. The first kappa shape index (κ1) is 16.8. The van der Waals surface area contributed by atoms with Gasteiger partial charge in [0.2, 0.25) is 12.7 Å². The Morgan fingerprint density at radius 3 is 2.88 bits per heavy atom. The maximum absolute atomic E-state index is 12.6. The minimum atomic E-state index is 0.143. The Morgan fingerprint density at radius 2 is 2.04 bits per heavy atom. The molecule has 0 atom stereocenters. The van der Waals surface area contributed by atoms with E-state index in [4.69, 9.17) is 9.47 Å². The smallest absolute Gasteiger partial charge is 0.231 e. The first-order chi connectivity index (χ1) is 12.7. The summed E-state index contributed by atoms with van der Waals surface area (Å²) in [5.41, 5.74) is 2.05. The number of hydrogen-bond donors (Lipinski definition) is 0. The lowest BCUT2D eigenvalue weighted by molar-refractivity contribution is -0.131. The van der Waals surface area contributed by atoms with E-state index in [2.05, 4.69) is 11.1 Å². The Balaban J connectivity index is 1.39. The van der Waals surface area contributed by atoms with Crippen LogP contribution >= 0.6 is 11.3 Å². The second-order valence-corrected chi connectivity index (χ2v) is 7.29. The molecule has 0 N–H and O–H groups in total. The van der Waals surface area contributed by atoms with E-state index in [0.717, 1.165) is 27.6 Å². The average molecular weight is 368 g/mol. The van der Waals surface area contributed by atoms with Gasteiger partial charge in [0.1, 0.15) is 0 Å². The van der Waals surface area contributed by atoms with Gasteiger partial charge in [0, 0.05) is 25.9 Å². The van der Waals surface area contributed by atoms with Crippen molar-refractivity contribution in [3.63, 3.8) is 0 Å². The summed E-state index contributed by atoms with van der Waals surface area (Å²) in [6.45, 7) is 3.51. The van der Waals surface area contributed by atoms with Crippen LogP contribution in [0.5, 0.6) is 11.5 Å². The Labute approximate surface area is 156 Å². The van der Waals surface area contributed by atoms with E-state index < -0.39 is 0 Å². The number of rotatable bonds is 6. The van der Waals surface area contributed by atoms with E-state index in [0.29, 0.717) is 25.9 Å². The molecule has 0 saturated heterocycles. The van der Waals surface area contributed by atoms with Crippen LogP contribution in [-0.4, -0.2) is 29.1 Å². The molecule has 5 nitrogen and oxygen atoms in total. The number of ether oxygens (including phenoxy) is 2. The molecule has 1 aliphatic rings. The summed E-state index contributed by atoms with van der Waals surface area (Å²) in [7, 11) is 0. The van der Waals surface area contributed by atoms with Crippen molar-refractivity contribution in [2.75, 3.05) is 13.3 Å². The van der Waals surface area contributed by atoms with Gasteiger partial charge in [0.05, 0.1) is 15.2 Å². The monoisotopic (exact) mass is 368 g/mol. The lowest BCUT2D eigenvalue weighted by atomic mass is 10.1. The maximum atomic E-state index is 12.6. The number of fused-ring (bicyclic) bond motifs is 2. The normalized spacial score (nSPS) is 12.5.